The SMILES string of the molecule is COC(=O)c1cccc(OC2CN(C(=O)OC(C)(C)C)C2)c1-c1ncc(C)s1. The Balaban J connectivity index is 1.78. The molecule has 0 saturated carbocycles. The molecule has 1 amide bonds. The summed E-state index contributed by atoms with van der Waals surface area (Å²) >= 11 is 1.48. The molecule has 1 aliphatic heterocycles. The van der Waals surface area contributed by atoms with E-state index in [1.165, 1.54) is 18.4 Å². The Bertz CT molecular complexity index is 881. The number of esters is 1. The van der Waals surface area contributed by atoms with Gasteiger partial charge in [0.15, 0.2) is 0 Å². The lowest BCUT2D eigenvalue weighted by atomic mass is 10.1. The number of benzene rings is 1. The van der Waals surface area contributed by atoms with Crippen molar-refractivity contribution in [2.75, 3.05) is 20.2 Å². The molecule has 0 atom stereocenters. The lowest BCUT2D eigenvalue weighted by Crippen LogP contribution is -2.57. The number of carbonyl (C=O) groups is 2. The molecule has 8 heteroatoms. The summed E-state index contributed by atoms with van der Waals surface area (Å²) < 4.78 is 16.4. The Hall–Kier alpha value is -2.61. The summed E-state index contributed by atoms with van der Waals surface area (Å²) in [4.78, 5) is 31.4. The second-order valence-electron chi connectivity index (χ2n) is 7.57. The maximum Gasteiger partial charge on any atom is 0.410 e. The van der Waals surface area contributed by atoms with Crippen molar-refractivity contribution in [2.24, 2.45) is 0 Å². The van der Waals surface area contributed by atoms with Gasteiger partial charge in [0.05, 0.1) is 31.3 Å². The Morgan fingerprint density at radius 3 is 2.54 bits per heavy atom. The van der Waals surface area contributed by atoms with Crippen LogP contribution in [0.3, 0.4) is 0 Å². The third kappa shape index (κ3) is 4.44. The van der Waals surface area contributed by atoms with Gasteiger partial charge in [0.1, 0.15) is 22.5 Å². The summed E-state index contributed by atoms with van der Waals surface area (Å²) in [6, 6.07) is 5.24. The van der Waals surface area contributed by atoms with Crippen molar-refractivity contribution in [2.45, 2.75) is 39.4 Å². The molecular formula is C20H24N2O5S. The maximum atomic E-state index is 12.2. The number of aromatic nitrogens is 1. The monoisotopic (exact) mass is 404 g/mol. The van der Waals surface area contributed by atoms with Crippen LogP contribution in [0.5, 0.6) is 5.75 Å². The second kappa shape index (κ2) is 7.79. The molecule has 1 aliphatic rings. The zero-order chi connectivity index (χ0) is 20.5. The highest BCUT2D eigenvalue weighted by atomic mass is 32.1. The van der Waals surface area contributed by atoms with E-state index in [1.54, 1.807) is 29.3 Å². The average Bonchev–Trinajstić information content (AvgIpc) is 3.01. The van der Waals surface area contributed by atoms with E-state index in [-0.39, 0.29) is 12.2 Å². The first-order chi connectivity index (χ1) is 13.2. The van der Waals surface area contributed by atoms with E-state index in [0.717, 1.165) is 4.88 Å². The van der Waals surface area contributed by atoms with Crippen LogP contribution < -0.4 is 4.74 Å². The number of methoxy groups -OCH3 is 1. The van der Waals surface area contributed by atoms with E-state index < -0.39 is 11.6 Å². The summed E-state index contributed by atoms with van der Waals surface area (Å²) in [6.07, 6.45) is 1.22. The van der Waals surface area contributed by atoms with Crippen LogP contribution >= 0.6 is 11.3 Å². The molecule has 1 fully saturated rings. The van der Waals surface area contributed by atoms with Crippen LogP contribution in [0.25, 0.3) is 10.6 Å². The third-order valence-electron chi connectivity index (χ3n) is 4.06. The molecule has 0 bridgehead atoms. The van der Waals surface area contributed by atoms with Gasteiger partial charge in [-0.05, 0) is 39.8 Å². The zero-order valence-corrected chi connectivity index (χ0v) is 17.5. The van der Waals surface area contributed by atoms with E-state index in [9.17, 15) is 9.59 Å². The number of aryl methyl sites for hydroxylation is 1. The minimum atomic E-state index is -0.534. The lowest BCUT2D eigenvalue weighted by Gasteiger charge is -2.39. The smallest absolute Gasteiger partial charge is 0.410 e. The topological polar surface area (TPSA) is 78.0 Å². The largest absolute Gasteiger partial charge is 0.486 e. The summed E-state index contributed by atoms with van der Waals surface area (Å²) in [7, 11) is 1.34. The van der Waals surface area contributed by atoms with Gasteiger partial charge in [-0.25, -0.2) is 14.6 Å². The Labute approximate surface area is 168 Å². The molecule has 2 aromatic rings. The number of hydrogen-bond donors (Lipinski definition) is 0. The fourth-order valence-corrected chi connectivity index (χ4v) is 3.60. The molecule has 1 aromatic carbocycles. The van der Waals surface area contributed by atoms with Crippen LogP contribution in [0.4, 0.5) is 4.79 Å². The van der Waals surface area contributed by atoms with Crippen molar-refractivity contribution in [3.63, 3.8) is 0 Å². The van der Waals surface area contributed by atoms with E-state index in [1.807, 2.05) is 27.7 Å². The predicted octanol–water partition coefficient (Wildman–Crippen LogP) is 3.90. The average molecular weight is 404 g/mol. The van der Waals surface area contributed by atoms with Gasteiger partial charge in [-0.1, -0.05) is 6.07 Å². The molecule has 0 spiro atoms. The molecule has 2 heterocycles. The van der Waals surface area contributed by atoms with Gasteiger partial charge in [-0.3, -0.25) is 0 Å². The number of rotatable bonds is 4. The van der Waals surface area contributed by atoms with Crippen LogP contribution in [0, 0.1) is 6.92 Å². The van der Waals surface area contributed by atoms with Gasteiger partial charge >= 0.3 is 12.1 Å². The van der Waals surface area contributed by atoms with Gasteiger partial charge < -0.3 is 19.1 Å². The number of ether oxygens (including phenoxy) is 3. The van der Waals surface area contributed by atoms with Gasteiger partial charge in [0, 0.05) is 11.1 Å². The van der Waals surface area contributed by atoms with Gasteiger partial charge in [-0.2, -0.15) is 0 Å². The van der Waals surface area contributed by atoms with Crippen molar-refractivity contribution in [3.8, 4) is 16.3 Å². The maximum absolute atomic E-state index is 12.2. The first kappa shape index (κ1) is 20.1. The number of hydrogen-bond acceptors (Lipinski definition) is 7. The normalized spacial score (nSPS) is 14.4. The van der Waals surface area contributed by atoms with Crippen LogP contribution in [-0.4, -0.2) is 53.9 Å². The van der Waals surface area contributed by atoms with Crippen molar-refractivity contribution in [1.29, 1.82) is 0 Å². The van der Waals surface area contributed by atoms with Crippen molar-refractivity contribution in [3.05, 3.63) is 34.8 Å². The summed E-state index contributed by atoms with van der Waals surface area (Å²) in [5.41, 5.74) is 0.481. The second-order valence-corrected chi connectivity index (χ2v) is 8.81. The molecular weight excluding hydrogens is 380 g/mol. The summed E-state index contributed by atoms with van der Waals surface area (Å²) in [5, 5.41) is 0.692. The molecule has 0 aliphatic carbocycles. The Morgan fingerprint density at radius 1 is 1.25 bits per heavy atom. The highest BCUT2D eigenvalue weighted by Crippen LogP contribution is 2.37. The molecule has 0 radical (unpaired) electrons. The van der Waals surface area contributed by atoms with Gasteiger partial charge in [-0.15, -0.1) is 11.3 Å². The van der Waals surface area contributed by atoms with Crippen molar-refractivity contribution >= 4 is 23.4 Å². The number of carbonyl (C=O) groups excluding carboxylic acids is 2. The number of nitrogens with zero attached hydrogens (tertiary/aromatic N) is 2. The Kier molecular flexibility index (Phi) is 5.60. The molecule has 7 nitrogen and oxygen atoms in total. The zero-order valence-electron chi connectivity index (χ0n) is 16.6. The van der Waals surface area contributed by atoms with Crippen molar-refractivity contribution < 1.29 is 23.8 Å². The van der Waals surface area contributed by atoms with Crippen LogP contribution in [0.1, 0.15) is 36.0 Å². The molecule has 28 heavy (non-hydrogen) atoms. The van der Waals surface area contributed by atoms with Crippen LogP contribution in [0.15, 0.2) is 24.4 Å². The van der Waals surface area contributed by atoms with Crippen molar-refractivity contribution in [1.82, 2.24) is 9.88 Å². The predicted molar refractivity (Wildman–Crippen MR) is 106 cm³/mol. The van der Waals surface area contributed by atoms with Gasteiger partial charge in [0.25, 0.3) is 0 Å². The number of amides is 1. The van der Waals surface area contributed by atoms with E-state index in [4.69, 9.17) is 14.2 Å². The third-order valence-corrected chi connectivity index (χ3v) is 4.99. The van der Waals surface area contributed by atoms with E-state index >= 15 is 0 Å². The van der Waals surface area contributed by atoms with Gasteiger partial charge in [0.2, 0.25) is 0 Å². The van der Waals surface area contributed by atoms with Crippen LogP contribution in [-0.2, 0) is 9.47 Å². The fourth-order valence-electron chi connectivity index (χ4n) is 2.77. The van der Waals surface area contributed by atoms with E-state index in [2.05, 4.69) is 4.98 Å². The summed E-state index contributed by atoms with van der Waals surface area (Å²) in [5.74, 6) is 0.100. The summed E-state index contributed by atoms with van der Waals surface area (Å²) in [6.45, 7) is 8.30. The van der Waals surface area contributed by atoms with E-state index in [0.29, 0.717) is 35.0 Å². The standard InChI is InChI=1S/C20H24N2O5S/c1-12-9-21-17(28-12)16-14(18(23)25-5)7-6-8-15(16)26-13-10-22(11-13)19(24)27-20(2,3)4/h6-9,13H,10-11H2,1-5H3. The molecule has 3 rings (SSSR count). The quantitative estimate of drug-likeness (QED) is 0.719. The lowest BCUT2D eigenvalue weighted by molar-refractivity contribution is -0.0220. The highest BCUT2D eigenvalue weighted by molar-refractivity contribution is 7.15. The minimum Gasteiger partial charge on any atom is -0.486 e. The first-order valence-electron chi connectivity index (χ1n) is 8.96. The minimum absolute atomic E-state index is 0.180. The molecule has 0 N–H and O–H groups in total. The Morgan fingerprint density at radius 2 is 1.96 bits per heavy atom. The molecule has 1 aromatic heterocycles. The number of likely N-dealkylation sites (tertiary alicyclic amines) is 1. The number of thiazole rings is 1. The van der Waals surface area contributed by atoms with Crippen LogP contribution in [0.2, 0.25) is 0 Å². The first-order valence-corrected chi connectivity index (χ1v) is 9.78. The fraction of sp³-hybridized carbons (Fsp3) is 0.450. The molecule has 0 unspecified atom stereocenters. The molecule has 150 valence electrons. The highest BCUT2D eigenvalue weighted by Gasteiger charge is 2.36. The molecule has 1 saturated heterocycles.